The Morgan fingerprint density at radius 3 is 2.60 bits per heavy atom. The van der Waals surface area contributed by atoms with Crippen molar-refractivity contribution in [2.24, 2.45) is 0 Å². The second-order valence-electron chi connectivity index (χ2n) is 5.47. The lowest BCUT2D eigenvalue weighted by molar-refractivity contribution is -0.180. The fourth-order valence-corrected chi connectivity index (χ4v) is 2.15. The van der Waals surface area contributed by atoms with Crippen LogP contribution >= 0.6 is 0 Å². The first-order valence-electron chi connectivity index (χ1n) is 6.18. The molecule has 0 aliphatic carbocycles. The van der Waals surface area contributed by atoms with Gasteiger partial charge < -0.3 is 14.4 Å². The van der Waals surface area contributed by atoms with Gasteiger partial charge in [0.05, 0.1) is 24.7 Å². The highest BCUT2D eigenvalue weighted by Crippen LogP contribution is 2.29. The number of nitrogens with zero attached hydrogens (tertiary/aromatic N) is 1. The summed E-state index contributed by atoms with van der Waals surface area (Å²) in [6, 6.07) is 0. The van der Waals surface area contributed by atoms with Gasteiger partial charge in [-0.2, -0.15) is 8.78 Å². The summed E-state index contributed by atoms with van der Waals surface area (Å²) in [4.78, 5) is 12.9. The Balaban J connectivity index is 2.71. The predicted octanol–water partition coefficient (Wildman–Crippen LogP) is 1.93. The van der Waals surface area contributed by atoms with Crippen LogP contribution in [0.5, 0.6) is 0 Å². The summed E-state index contributed by atoms with van der Waals surface area (Å²) >= 11 is 0. The van der Waals surface area contributed by atoms with E-state index in [0.717, 1.165) is 4.90 Å². The second-order valence-corrected chi connectivity index (χ2v) is 5.47. The molecule has 0 radical (unpaired) electrons. The Hall–Kier alpha value is -0.890. The van der Waals surface area contributed by atoms with Gasteiger partial charge in [-0.15, -0.1) is 0 Å². The van der Waals surface area contributed by atoms with Crippen molar-refractivity contribution in [1.82, 2.24) is 4.90 Å². The molecule has 0 aromatic heterocycles. The number of hydrogen-bond donors (Lipinski definition) is 0. The Kier molecular flexibility index (Phi) is 5.37. The van der Waals surface area contributed by atoms with Crippen molar-refractivity contribution in [2.75, 3.05) is 26.8 Å². The number of carbonyl (C=O) groups excluding carboxylic acids is 1. The number of rotatable bonds is 5. The van der Waals surface area contributed by atoms with Gasteiger partial charge in [0.25, 0.3) is 0 Å². The molecule has 0 aromatic rings. The highest BCUT2D eigenvalue weighted by atomic mass is 19.3. The third kappa shape index (κ3) is 4.59. The van der Waals surface area contributed by atoms with Crippen molar-refractivity contribution < 1.29 is 31.8 Å². The zero-order valence-corrected chi connectivity index (χ0v) is 11.7. The fraction of sp³-hybridized carbons (Fsp3) is 0.917. The van der Waals surface area contributed by atoms with Crippen LogP contribution in [0.1, 0.15) is 20.3 Å². The molecule has 0 spiro atoms. The van der Waals surface area contributed by atoms with Crippen LogP contribution < -0.4 is 0 Å². The average Bonchev–Trinajstić information content (AvgIpc) is 2.26. The van der Waals surface area contributed by atoms with Crippen LogP contribution in [0.25, 0.3) is 0 Å². The topological polar surface area (TPSA) is 38.8 Å². The summed E-state index contributed by atoms with van der Waals surface area (Å²) < 4.78 is 60.6. The van der Waals surface area contributed by atoms with Crippen LogP contribution in [-0.4, -0.2) is 61.7 Å². The summed E-state index contributed by atoms with van der Waals surface area (Å²) in [5.74, 6) is -5.32. The van der Waals surface area contributed by atoms with E-state index in [1.165, 1.54) is 7.11 Å². The summed E-state index contributed by atoms with van der Waals surface area (Å²) in [6.07, 6.45) is -5.82. The molecule has 0 saturated carbocycles. The second kappa shape index (κ2) is 6.26. The van der Waals surface area contributed by atoms with Gasteiger partial charge in [-0.25, -0.2) is 8.78 Å². The standard InChI is InChI=1S/C12H19F4NO3/c1-11(2)7-17(5-8(20-11)6-19-3)9(18)4-12(15,16)10(13)14/h8,10H,4-7H2,1-3H3. The molecule has 20 heavy (non-hydrogen) atoms. The predicted molar refractivity (Wildman–Crippen MR) is 63.0 cm³/mol. The van der Waals surface area contributed by atoms with Crippen LogP contribution in [0.2, 0.25) is 0 Å². The molecule has 1 rings (SSSR count). The van der Waals surface area contributed by atoms with Crippen molar-refractivity contribution in [3.63, 3.8) is 0 Å². The first-order valence-corrected chi connectivity index (χ1v) is 6.18. The third-order valence-electron chi connectivity index (χ3n) is 2.89. The summed E-state index contributed by atoms with van der Waals surface area (Å²) in [5.41, 5.74) is -0.739. The Morgan fingerprint density at radius 1 is 1.50 bits per heavy atom. The van der Waals surface area contributed by atoms with Gasteiger partial charge >= 0.3 is 12.3 Å². The van der Waals surface area contributed by atoms with Gasteiger partial charge in [0, 0.05) is 20.2 Å². The molecule has 1 unspecified atom stereocenters. The van der Waals surface area contributed by atoms with Crippen LogP contribution in [0.15, 0.2) is 0 Å². The number of methoxy groups -OCH3 is 1. The number of morpholine rings is 1. The largest absolute Gasteiger partial charge is 0.382 e. The number of amides is 1. The lowest BCUT2D eigenvalue weighted by Crippen LogP contribution is -2.56. The highest BCUT2D eigenvalue weighted by molar-refractivity contribution is 5.77. The molecular formula is C12H19F4NO3. The molecule has 1 aliphatic heterocycles. The molecule has 8 heteroatoms. The summed E-state index contributed by atoms with van der Waals surface area (Å²) in [5, 5.41) is 0. The van der Waals surface area contributed by atoms with Crippen LogP contribution in [0, 0.1) is 0 Å². The van der Waals surface area contributed by atoms with E-state index in [1.54, 1.807) is 13.8 Å². The molecule has 0 bridgehead atoms. The molecular weight excluding hydrogens is 282 g/mol. The van der Waals surface area contributed by atoms with E-state index in [-0.39, 0.29) is 19.7 Å². The van der Waals surface area contributed by atoms with Crippen LogP contribution in [0.4, 0.5) is 17.6 Å². The minimum atomic E-state index is -4.31. The Labute approximate surface area is 115 Å². The molecule has 1 fully saturated rings. The first kappa shape index (κ1) is 17.2. The van der Waals surface area contributed by atoms with Crippen molar-refractivity contribution in [3.8, 4) is 0 Å². The van der Waals surface area contributed by atoms with Crippen molar-refractivity contribution >= 4 is 5.91 Å². The molecule has 1 atom stereocenters. The van der Waals surface area contributed by atoms with E-state index in [9.17, 15) is 22.4 Å². The summed E-state index contributed by atoms with van der Waals surface area (Å²) in [6.45, 7) is 3.71. The van der Waals surface area contributed by atoms with E-state index in [0.29, 0.717) is 0 Å². The SMILES string of the molecule is COCC1CN(C(=O)CC(F)(F)C(F)F)CC(C)(C)O1. The van der Waals surface area contributed by atoms with Crippen molar-refractivity contribution in [3.05, 3.63) is 0 Å². The van der Waals surface area contributed by atoms with E-state index < -0.39 is 36.4 Å². The van der Waals surface area contributed by atoms with E-state index >= 15 is 0 Å². The monoisotopic (exact) mass is 301 g/mol. The van der Waals surface area contributed by atoms with Gasteiger partial charge in [0.2, 0.25) is 5.91 Å². The molecule has 1 aliphatic rings. The molecule has 118 valence electrons. The molecule has 1 saturated heterocycles. The maximum Gasteiger partial charge on any atom is 0.316 e. The van der Waals surface area contributed by atoms with E-state index in [4.69, 9.17) is 9.47 Å². The summed E-state index contributed by atoms with van der Waals surface area (Å²) in [7, 11) is 1.45. The lowest BCUT2D eigenvalue weighted by Gasteiger charge is -2.42. The molecule has 4 nitrogen and oxygen atoms in total. The van der Waals surface area contributed by atoms with Gasteiger partial charge in [-0.1, -0.05) is 0 Å². The molecule has 0 N–H and O–H groups in total. The number of carbonyl (C=O) groups is 1. The molecule has 0 aromatic carbocycles. The lowest BCUT2D eigenvalue weighted by atomic mass is 10.0. The number of ether oxygens (including phenoxy) is 2. The normalized spacial score (nSPS) is 23.2. The first-order chi connectivity index (χ1) is 9.07. The third-order valence-corrected chi connectivity index (χ3v) is 2.89. The maximum absolute atomic E-state index is 12.9. The van der Waals surface area contributed by atoms with Crippen LogP contribution in [0.3, 0.4) is 0 Å². The van der Waals surface area contributed by atoms with Gasteiger partial charge in [0.1, 0.15) is 0 Å². The van der Waals surface area contributed by atoms with Crippen molar-refractivity contribution in [1.29, 1.82) is 0 Å². The van der Waals surface area contributed by atoms with Crippen LogP contribution in [-0.2, 0) is 14.3 Å². The Morgan fingerprint density at radius 2 is 2.10 bits per heavy atom. The van der Waals surface area contributed by atoms with E-state index in [1.807, 2.05) is 0 Å². The number of alkyl halides is 4. The van der Waals surface area contributed by atoms with Crippen molar-refractivity contribution in [2.45, 2.75) is 44.3 Å². The van der Waals surface area contributed by atoms with E-state index in [2.05, 4.69) is 0 Å². The quantitative estimate of drug-likeness (QED) is 0.728. The minimum absolute atomic E-state index is 0.0510. The molecule has 1 amide bonds. The fourth-order valence-electron chi connectivity index (χ4n) is 2.15. The zero-order valence-electron chi connectivity index (χ0n) is 11.7. The highest BCUT2D eigenvalue weighted by Gasteiger charge is 2.45. The average molecular weight is 301 g/mol. The molecule has 1 heterocycles. The van der Waals surface area contributed by atoms with Gasteiger partial charge in [-0.05, 0) is 13.8 Å². The smallest absolute Gasteiger partial charge is 0.316 e. The zero-order chi connectivity index (χ0) is 15.6. The van der Waals surface area contributed by atoms with Gasteiger partial charge in [0.15, 0.2) is 0 Å². The number of halogens is 4. The number of hydrogen-bond acceptors (Lipinski definition) is 3. The maximum atomic E-state index is 12.9. The minimum Gasteiger partial charge on any atom is -0.382 e. The Bertz CT molecular complexity index is 350. The van der Waals surface area contributed by atoms with Gasteiger partial charge in [-0.3, -0.25) is 4.79 Å².